The molecule has 10 nitrogen and oxygen atoms in total. The van der Waals surface area contributed by atoms with Gasteiger partial charge in [0.25, 0.3) is 0 Å². The molecule has 0 aliphatic rings. The van der Waals surface area contributed by atoms with E-state index >= 15 is 0 Å². The Kier molecular flexibility index (Phi) is 11.3. The first-order valence-electron chi connectivity index (χ1n) is 26.4. The van der Waals surface area contributed by atoms with E-state index in [1.54, 1.807) is 49.6 Å². The van der Waals surface area contributed by atoms with Crippen molar-refractivity contribution in [2.75, 3.05) is 0 Å². The van der Waals surface area contributed by atoms with E-state index in [1.807, 2.05) is 24.3 Å². The molecule has 6 heterocycles. The molecule has 0 N–H and O–H groups in total. The van der Waals surface area contributed by atoms with Crippen molar-refractivity contribution in [3.8, 4) is 100 Å². The van der Waals surface area contributed by atoms with E-state index in [0.29, 0.717) is 0 Å². The Morgan fingerprint density at radius 2 is 0.463 bits per heavy atom. The molecule has 0 atom stereocenters. The molecule has 0 radical (unpaired) electrons. The quantitative estimate of drug-likeness (QED) is 0.133. The number of para-hydroxylation sites is 2. The van der Waals surface area contributed by atoms with Crippen molar-refractivity contribution >= 4 is 43.6 Å². The molecule has 6 aromatic heterocycles. The molecule has 0 unspecified atom stereocenters. The van der Waals surface area contributed by atoms with Gasteiger partial charge < -0.3 is 9.13 Å². The standard InChI is InChI=1S/C70H44N10/c1-3-7-65-63(5-1)69-67(79(65)61-37-57(49-17-9-45(10-18-49)53-27-31-71-75-41-53)35-58(38-61)50-19-11-46(12-20-50)54-28-32-72-76-42-54)25-26-68-70(69)64-6-2-4-8-66(64)80(68)62-39-59(51-21-13-47(14-22-51)55-29-33-73-77-43-55)36-60(40-62)52-23-15-48(16-24-52)56-30-34-74-78-44-56/h1-44H. The van der Waals surface area contributed by atoms with Gasteiger partial charge in [0, 0.05) is 55.2 Å². The molecule has 15 aromatic rings. The predicted octanol–water partition coefficient (Wildman–Crippen LogP) is 16.4. The Balaban J connectivity index is 0.924. The van der Waals surface area contributed by atoms with Crippen LogP contribution in [-0.4, -0.2) is 49.9 Å². The highest BCUT2D eigenvalue weighted by atomic mass is 15.1. The lowest BCUT2D eigenvalue weighted by Gasteiger charge is -2.15. The Morgan fingerprint density at radius 1 is 0.200 bits per heavy atom. The topological polar surface area (TPSA) is 113 Å². The fourth-order valence-electron chi connectivity index (χ4n) is 11.5. The molecular weight excluding hydrogens is 981 g/mol. The van der Waals surface area contributed by atoms with Crippen LogP contribution in [0.15, 0.2) is 268 Å². The third-order valence-electron chi connectivity index (χ3n) is 15.4. The van der Waals surface area contributed by atoms with E-state index in [2.05, 4.69) is 244 Å². The van der Waals surface area contributed by atoms with Crippen molar-refractivity contribution < 1.29 is 0 Å². The zero-order valence-electron chi connectivity index (χ0n) is 42.9. The molecule has 9 aromatic carbocycles. The fraction of sp³-hybridized carbons (Fsp3) is 0. The Labute approximate surface area is 459 Å². The second-order valence-corrected chi connectivity index (χ2v) is 19.9. The lowest BCUT2D eigenvalue weighted by Crippen LogP contribution is -1.97. The maximum absolute atomic E-state index is 4.14. The van der Waals surface area contributed by atoms with Gasteiger partial charge in [-0.05, 0) is 152 Å². The van der Waals surface area contributed by atoms with Gasteiger partial charge in [-0.1, -0.05) is 133 Å². The summed E-state index contributed by atoms with van der Waals surface area (Å²) in [7, 11) is 0. The second-order valence-electron chi connectivity index (χ2n) is 19.9. The van der Waals surface area contributed by atoms with Crippen LogP contribution in [0.3, 0.4) is 0 Å². The Morgan fingerprint density at radius 3 is 0.725 bits per heavy atom. The van der Waals surface area contributed by atoms with Crippen LogP contribution in [0.2, 0.25) is 0 Å². The summed E-state index contributed by atoms with van der Waals surface area (Å²) < 4.78 is 4.90. The summed E-state index contributed by atoms with van der Waals surface area (Å²) in [5.74, 6) is 0. The molecule has 0 amide bonds. The summed E-state index contributed by atoms with van der Waals surface area (Å²) in [4.78, 5) is 0. The molecule has 0 saturated carbocycles. The van der Waals surface area contributed by atoms with Crippen LogP contribution in [0, 0.1) is 0 Å². The van der Waals surface area contributed by atoms with Crippen LogP contribution >= 0.6 is 0 Å². The maximum atomic E-state index is 4.14. The van der Waals surface area contributed by atoms with E-state index in [0.717, 1.165) is 122 Å². The van der Waals surface area contributed by atoms with E-state index in [4.69, 9.17) is 0 Å². The van der Waals surface area contributed by atoms with Gasteiger partial charge in [0.15, 0.2) is 0 Å². The molecule has 0 spiro atoms. The number of benzene rings is 9. The molecule has 80 heavy (non-hydrogen) atoms. The monoisotopic (exact) mass is 1020 g/mol. The van der Waals surface area contributed by atoms with E-state index in [1.165, 1.54) is 21.5 Å². The smallest absolute Gasteiger partial charge is 0.0574 e. The molecule has 0 aliphatic carbocycles. The highest BCUT2D eigenvalue weighted by Gasteiger charge is 2.22. The molecular formula is C70H44N10. The first-order chi connectivity index (χ1) is 39.6. The molecule has 0 fully saturated rings. The summed E-state index contributed by atoms with van der Waals surface area (Å²) in [5.41, 5.74) is 23.9. The van der Waals surface area contributed by atoms with Crippen LogP contribution in [0.25, 0.3) is 144 Å². The summed E-state index contributed by atoms with van der Waals surface area (Å²) >= 11 is 0. The molecule has 374 valence electrons. The number of rotatable bonds is 10. The van der Waals surface area contributed by atoms with Crippen LogP contribution in [0.1, 0.15) is 0 Å². The number of hydrogen-bond acceptors (Lipinski definition) is 8. The number of fused-ring (bicyclic) bond motifs is 7. The third kappa shape index (κ3) is 8.23. The summed E-state index contributed by atoms with van der Waals surface area (Å²) in [6.07, 6.45) is 14.1. The number of hydrogen-bond donors (Lipinski definition) is 0. The zero-order valence-corrected chi connectivity index (χ0v) is 42.9. The molecule has 0 bridgehead atoms. The fourth-order valence-corrected chi connectivity index (χ4v) is 11.5. The predicted molar refractivity (Wildman–Crippen MR) is 321 cm³/mol. The van der Waals surface area contributed by atoms with Crippen molar-refractivity contribution in [1.29, 1.82) is 0 Å². The summed E-state index contributed by atoms with van der Waals surface area (Å²) in [6, 6.07) is 79.1. The van der Waals surface area contributed by atoms with Gasteiger partial charge in [0.1, 0.15) is 0 Å². The number of nitrogens with zero attached hydrogens (tertiary/aromatic N) is 10. The van der Waals surface area contributed by atoms with Crippen LogP contribution in [0.4, 0.5) is 0 Å². The molecule has 10 heteroatoms. The molecule has 0 saturated heterocycles. The first-order valence-corrected chi connectivity index (χ1v) is 26.4. The average Bonchev–Trinajstić information content (AvgIpc) is 4.29. The minimum Gasteiger partial charge on any atom is -0.309 e. The minimum atomic E-state index is 1.02. The highest BCUT2D eigenvalue weighted by Crippen LogP contribution is 2.45. The van der Waals surface area contributed by atoms with E-state index < -0.39 is 0 Å². The zero-order chi connectivity index (χ0) is 52.9. The van der Waals surface area contributed by atoms with Crippen molar-refractivity contribution in [2.45, 2.75) is 0 Å². The Hall–Kier alpha value is -11.1. The average molecular weight is 1030 g/mol. The van der Waals surface area contributed by atoms with Gasteiger partial charge in [-0.3, -0.25) is 0 Å². The SMILES string of the molecule is c1ccc2c(c1)c1c3c4ccccc4n(-c4cc(-c5ccc(-c6ccnnc6)cc5)cc(-c5ccc(-c6ccnnc6)cc5)c4)c3ccc1n2-c1cc(-c2ccc(-c3ccnnc3)cc2)cc(-c2ccc(-c3ccnnc3)cc2)c1. The van der Waals surface area contributed by atoms with E-state index in [9.17, 15) is 0 Å². The van der Waals surface area contributed by atoms with Crippen LogP contribution in [-0.2, 0) is 0 Å². The minimum absolute atomic E-state index is 1.02. The van der Waals surface area contributed by atoms with E-state index in [-0.39, 0.29) is 0 Å². The van der Waals surface area contributed by atoms with Crippen molar-refractivity contribution in [3.63, 3.8) is 0 Å². The largest absolute Gasteiger partial charge is 0.309 e. The second kappa shape index (κ2) is 19.5. The van der Waals surface area contributed by atoms with Crippen molar-refractivity contribution in [2.24, 2.45) is 0 Å². The maximum Gasteiger partial charge on any atom is 0.0574 e. The summed E-state index contributed by atoms with van der Waals surface area (Å²) in [5, 5.41) is 37.3. The lowest BCUT2D eigenvalue weighted by molar-refractivity contribution is 1.03. The molecule has 15 rings (SSSR count). The first kappa shape index (κ1) is 46.2. The lowest BCUT2D eigenvalue weighted by atomic mass is 9.95. The van der Waals surface area contributed by atoms with Gasteiger partial charge in [-0.15, -0.1) is 0 Å². The van der Waals surface area contributed by atoms with Crippen LogP contribution in [0.5, 0.6) is 0 Å². The van der Waals surface area contributed by atoms with Crippen molar-refractivity contribution in [1.82, 2.24) is 49.9 Å². The number of aromatic nitrogens is 10. The van der Waals surface area contributed by atoms with Crippen LogP contribution < -0.4 is 0 Å². The summed E-state index contributed by atoms with van der Waals surface area (Å²) in [6.45, 7) is 0. The van der Waals surface area contributed by atoms with Gasteiger partial charge in [0.05, 0.1) is 71.6 Å². The van der Waals surface area contributed by atoms with Gasteiger partial charge >= 0.3 is 0 Å². The molecule has 0 aliphatic heterocycles. The normalized spacial score (nSPS) is 11.5. The Bertz CT molecular complexity index is 4250. The highest BCUT2D eigenvalue weighted by molar-refractivity contribution is 6.29. The third-order valence-corrected chi connectivity index (χ3v) is 15.4. The van der Waals surface area contributed by atoms with Gasteiger partial charge in [-0.2, -0.15) is 40.8 Å². The van der Waals surface area contributed by atoms with Gasteiger partial charge in [-0.25, -0.2) is 0 Å². The van der Waals surface area contributed by atoms with Gasteiger partial charge in [0.2, 0.25) is 0 Å². The van der Waals surface area contributed by atoms with Crippen molar-refractivity contribution in [3.05, 3.63) is 268 Å².